The molecule has 1 heterocycles. The average Bonchev–Trinajstić information content (AvgIpc) is 2.38. The SMILES string of the molecule is CC1C(C#N)=CNC(=O)N1c1cccc(C(F)(F)F)c1. The predicted octanol–water partition coefficient (Wildman–Crippen LogP) is 3.03. The summed E-state index contributed by atoms with van der Waals surface area (Å²) in [5, 5.41) is 11.3. The van der Waals surface area contributed by atoms with Crippen LogP contribution in [0, 0.1) is 11.3 Å². The first-order chi connectivity index (χ1) is 9.34. The molecule has 0 spiro atoms. The van der Waals surface area contributed by atoms with Crippen LogP contribution in [-0.2, 0) is 6.18 Å². The van der Waals surface area contributed by atoms with Crippen LogP contribution in [0.15, 0.2) is 36.0 Å². The average molecular weight is 281 g/mol. The molecule has 1 aromatic carbocycles. The van der Waals surface area contributed by atoms with Gasteiger partial charge in [-0.25, -0.2) is 4.79 Å². The summed E-state index contributed by atoms with van der Waals surface area (Å²) in [6, 6.07) is 5.13. The Balaban J connectivity index is 2.44. The van der Waals surface area contributed by atoms with Crippen LogP contribution in [0.5, 0.6) is 0 Å². The standard InChI is InChI=1S/C13H10F3N3O/c1-8-9(6-17)7-18-12(20)19(8)11-4-2-3-10(5-11)13(14,15)16/h2-5,7-8H,1H3,(H,18,20). The summed E-state index contributed by atoms with van der Waals surface area (Å²) >= 11 is 0. The quantitative estimate of drug-likeness (QED) is 0.860. The van der Waals surface area contributed by atoms with Crippen molar-refractivity contribution in [2.24, 2.45) is 0 Å². The van der Waals surface area contributed by atoms with Gasteiger partial charge in [-0.05, 0) is 25.1 Å². The lowest BCUT2D eigenvalue weighted by atomic mass is 10.1. The molecule has 1 unspecified atom stereocenters. The van der Waals surface area contributed by atoms with Gasteiger partial charge in [0.1, 0.15) is 0 Å². The molecule has 4 nitrogen and oxygen atoms in total. The predicted molar refractivity (Wildman–Crippen MR) is 65.6 cm³/mol. The molecule has 20 heavy (non-hydrogen) atoms. The Bertz CT molecular complexity index is 616. The van der Waals surface area contributed by atoms with Crippen molar-refractivity contribution in [3.63, 3.8) is 0 Å². The number of alkyl halides is 3. The van der Waals surface area contributed by atoms with Gasteiger partial charge in [0.25, 0.3) is 0 Å². The number of nitriles is 1. The molecule has 1 aliphatic heterocycles. The van der Waals surface area contributed by atoms with Gasteiger partial charge < -0.3 is 5.32 Å². The third-order valence-electron chi connectivity index (χ3n) is 2.99. The topological polar surface area (TPSA) is 56.1 Å². The zero-order valence-corrected chi connectivity index (χ0v) is 10.4. The van der Waals surface area contributed by atoms with Crippen LogP contribution < -0.4 is 10.2 Å². The van der Waals surface area contributed by atoms with Crippen molar-refractivity contribution in [3.8, 4) is 6.07 Å². The fourth-order valence-electron chi connectivity index (χ4n) is 1.94. The van der Waals surface area contributed by atoms with Gasteiger partial charge in [0, 0.05) is 11.9 Å². The first kappa shape index (κ1) is 13.9. The third-order valence-corrected chi connectivity index (χ3v) is 2.99. The Hall–Kier alpha value is -2.49. The van der Waals surface area contributed by atoms with Crippen LogP contribution in [0.1, 0.15) is 12.5 Å². The molecule has 0 aliphatic carbocycles. The van der Waals surface area contributed by atoms with Gasteiger partial charge >= 0.3 is 12.2 Å². The summed E-state index contributed by atoms with van der Waals surface area (Å²) < 4.78 is 38.1. The Kier molecular flexibility index (Phi) is 3.40. The summed E-state index contributed by atoms with van der Waals surface area (Å²) in [6.45, 7) is 1.58. The van der Waals surface area contributed by atoms with E-state index in [2.05, 4.69) is 5.32 Å². The van der Waals surface area contributed by atoms with E-state index in [1.165, 1.54) is 18.3 Å². The minimum atomic E-state index is -4.49. The van der Waals surface area contributed by atoms with Gasteiger partial charge in [-0.3, -0.25) is 4.90 Å². The number of anilines is 1. The number of hydrogen-bond acceptors (Lipinski definition) is 2. The summed E-state index contributed by atoms with van der Waals surface area (Å²) in [6.07, 6.45) is -3.23. The highest BCUT2D eigenvalue weighted by atomic mass is 19.4. The number of carbonyl (C=O) groups is 1. The van der Waals surface area contributed by atoms with Gasteiger partial charge in [-0.15, -0.1) is 0 Å². The molecule has 2 rings (SSSR count). The van der Waals surface area contributed by atoms with E-state index >= 15 is 0 Å². The fraction of sp³-hybridized carbons (Fsp3) is 0.231. The highest BCUT2D eigenvalue weighted by Gasteiger charge is 2.33. The van der Waals surface area contributed by atoms with Crippen LogP contribution in [0.25, 0.3) is 0 Å². The lowest BCUT2D eigenvalue weighted by molar-refractivity contribution is -0.137. The first-order valence-electron chi connectivity index (χ1n) is 5.71. The largest absolute Gasteiger partial charge is 0.416 e. The van der Waals surface area contributed by atoms with E-state index in [9.17, 15) is 18.0 Å². The fourth-order valence-corrected chi connectivity index (χ4v) is 1.94. The third kappa shape index (κ3) is 2.45. The summed E-state index contributed by atoms with van der Waals surface area (Å²) in [4.78, 5) is 12.9. The molecule has 104 valence electrons. The molecule has 0 fully saturated rings. The van der Waals surface area contributed by atoms with Crippen molar-refractivity contribution in [1.82, 2.24) is 5.32 Å². The Morgan fingerprint density at radius 1 is 1.40 bits per heavy atom. The molecule has 7 heteroatoms. The minimum Gasteiger partial charge on any atom is -0.313 e. The smallest absolute Gasteiger partial charge is 0.313 e. The second kappa shape index (κ2) is 4.89. The van der Waals surface area contributed by atoms with Crippen molar-refractivity contribution in [2.45, 2.75) is 19.1 Å². The number of carbonyl (C=O) groups excluding carboxylic acids is 1. The molecule has 2 amide bonds. The maximum Gasteiger partial charge on any atom is 0.416 e. The van der Waals surface area contributed by atoms with Crippen LogP contribution in [0.2, 0.25) is 0 Å². The van der Waals surface area contributed by atoms with Crippen molar-refractivity contribution in [2.75, 3.05) is 4.90 Å². The van der Waals surface area contributed by atoms with Gasteiger partial charge in [-0.2, -0.15) is 18.4 Å². The molecular weight excluding hydrogens is 271 g/mol. The Labute approximate surface area is 113 Å². The van der Waals surface area contributed by atoms with Gasteiger partial charge in [0.05, 0.1) is 23.2 Å². The highest BCUT2D eigenvalue weighted by molar-refractivity contribution is 5.95. The summed E-state index contributed by atoms with van der Waals surface area (Å²) in [5.74, 6) is 0. The molecule has 0 saturated carbocycles. The van der Waals surface area contributed by atoms with Gasteiger partial charge in [0.2, 0.25) is 0 Å². The molecular formula is C13H10F3N3O. The Morgan fingerprint density at radius 2 is 2.10 bits per heavy atom. The second-order valence-electron chi connectivity index (χ2n) is 4.26. The number of benzene rings is 1. The zero-order valence-electron chi connectivity index (χ0n) is 10.4. The Morgan fingerprint density at radius 3 is 2.70 bits per heavy atom. The van der Waals surface area contributed by atoms with E-state index in [0.717, 1.165) is 17.0 Å². The molecule has 0 bridgehead atoms. The lowest BCUT2D eigenvalue weighted by Gasteiger charge is -2.32. The van der Waals surface area contributed by atoms with E-state index in [0.29, 0.717) is 0 Å². The number of rotatable bonds is 1. The maximum absolute atomic E-state index is 12.7. The highest BCUT2D eigenvalue weighted by Crippen LogP contribution is 2.33. The first-order valence-corrected chi connectivity index (χ1v) is 5.71. The zero-order chi connectivity index (χ0) is 14.9. The molecule has 0 radical (unpaired) electrons. The molecule has 1 aromatic rings. The van der Waals surface area contributed by atoms with Crippen LogP contribution in [0.4, 0.5) is 23.7 Å². The van der Waals surface area contributed by atoms with Crippen molar-refractivity contribution in [1.29, 1.82) is 5.26 Å². The molecule has 1 atom stereocenters. The summed E-state index contributed by atoms with van der Waals surface area (Å²) in [7, 11) is 0. The van der Waals surface area contributed by atoms with E-state index < -0.39 is 23.8 Å². The molecule has 0 aromatic heterocycles. The minimum absolute atomic E-state index is 0.0886. The molecule has 1 N–H and O–H groups in total. The second-order valence-corrected chi connectivity index (χ2v) is 4.26. The van der Waals surface area contributed by atoms with Crippen molar-refractivity contribution < 1.29 is 18.0 Å². The van der Waals surface area contributed by atoms with E-state index in [1.807, 2.05) is 6.07 Å². The van der Waals surface area contributed by atoms with E-state index in [1.54, 1.807) is 6.92 Å². The molecule has 1 aliphatic rings. The number of nitrogens with one attached hydrogen (secondary N) is 1. The lowest BCUT2D eigenvalue weighted by Crippen LogP contribution is -2.48. The van der Waals surface area contributed by atoms with Gasteiger partial charge in [-0.1, -0.05) is 6.07 Å². The normalized spacial score (nSPS) is 19.1. The van der Waals surface area contributed by atoms with Crippen molar-refractivity contribution >= 4 is 11.7 Å². The number of amides is 2. The van der Waals surface area contributed by atoms with E-state index in [-0.39, 0.29) is 11.3 Å². The van der Waals surface area contributed by atoms with Gasteiger partial charge in [0.15, 0.2) is 0 Å². The van der Waals surface area contributed by atoms with Crippen LogP contribution in [0.3, 0.4) is 0 Å². The van der Waals surface area contributed by atoms with Crippen LogP contribution >= 0.6 is 0 Å². The molecule has 0 saturated heterocycles. The van der Waals surface area contributed by atoms with Crippen molar-refractivity contribution in [3.05, 3.63) is 41.6 Å². The number of hydrogen-bond donors (Lipinski definition) is 1. The van der Waals surface area contributed by atoms with Crippen LogP contribution in [-0.4, -0.2) is 12.1 Å². The van der Waals surface area contributed by atoms with E-state index in [4.69, 9.17) is 5.26 Å². The monoisotopic (exact) mass is 281 g/mol. The maximum atomic E-state index is 12.7. The number of nitrogens with zero attached hydrogens (tertiary/aromatic N) is 2. The number of urea groups is 1. The number of halogens is 3. The summed E-state index contributed by atoms with van der Waals surface area (Å²) in [5.41, 5.74) is -0.490.